The standard InChI is InChI=1S/C17H20N6O2S/c1-10-5-7-11(8-6-10)18-12(24)9-26-16-21-20-15-19-14(25)13(17(2,3)4)22-23(15)16/h5-8H,9H2,1-4H3,(H,18,24)(H,19,20,25). The summed E-state index contributed by atoms with van der Waals surface area (Å²) < 4.78 is 1.46. The Kier molecular flexibility index (Phi) is 4.82. The molecule has 1 aromatic carbocycles. The van der Waals surface area contributed by atoms with E-state index in [1.807, 2.05) is 52.0 Å². The molecule has 1 amide bonds. The molecule has 3 aromatic rings. The minimum atomic E-state index is -0.420. The highest BCUT2D eigenvalue weighted by atomic mass is 32.2. The number of H-pyrrole nitrogens is 1. The number of anilines is 1. The molecular weight excluding hydrogens is 352 g/mol. The molecule has 2 aromatic heterocycles. The summed E-state index contributed by atoms with van der Waals surface area (Å²) in [5, 5.41) is 15.6. The molecular formula is C17H20N6O2S. The van der Waals surface area contributed by atoms with Gasteiger partial charge in [0, 0.05) is 11.1 Å². The van der Waals surface area contributed by atoms with E-state index in [0.717, 1.165) is 11.3 Å². The van der Waals surface area contributed by atoms with Crippen molar-refractivity contribution in [3.63, 3.8) is 0 Å². The second-order valence-corrected chi connectivity index (χ2v) is 7.92. The van der Waals surface area contributed by atoms with Gasteiger partial charge in [0.25, 0.3) is 11.3 Å². The Morgan fingerprint density at radius 2 is 1.92 bits per heavy atom. The highest BCUT2D eigenvalue weighted by molar-refractivity contribution is 7.99. The van der Waals surface area contributed by atoms with Crippen molar-refractivity contribution in [3.05, 3.63) is 45.9 Å². The van der Waals surface area contributed by atoms with Gasteiger partial charge in [0.1, 0.15) is 5.69 Å². The molecule has 2 heterocycles. The topological polar surface area (TPSA) is 105 Å². The van der Waals surface area contributed by atoms with Crippen molar-refractivity contribution in [2.45, 2.75) is 38.3 Å². The Labute approximate surface area is 154 Å². The largest absolute Gasteiger partial charge is 0.325 e. The van der Waals surface area contributed by atoms with E-state index in [9.17, 15) is 9.59 Å². The van der Waals surface area contributed by atoms with Gasteiger partial charge in [0.05, 0.1) is 5.75 Å². The summed E-state index contributed by atoms with van der Waals surface area (Å²) in [6.45, 7) is 7.70. The molecule has 0 aliphatic rings. The number of aryl methyl sites for hydroxylation is 1. The summed E-state index contributed by atoms with van der Waals surface area (Å²) in [5.74, 6) is 0.251. The van der Waals surface area contributed by atoms with E-state index in [-0.39, 0.29) is 23.0 Å². The molecule has 0 aliphatic heterocycles. The van der Waals surface area contributed by atoms with E-state index in [0.29, 0.717) is 10.9 Å². The number of aromatic amines is 1. The van der Waals surface area contributed by atoms with E-state index >= 15 is 0 Å². The fraction of sp³-hybridized carbons (Fsp3) is 0.353. The zero-order valence-electron chi connectivity index (χ0n) is 15.0. The summed E-state index contributed by atoms with van der Waals surface area (Å²) >= 11 is 1.21. The fourth-order valence-corrected chi connectivity index (χ4v) is 2.96. The Balaban J connectivity index is 1.75. The van der Waals surface area contributed by atoms with E-state index in [1.165, 1.54) is 16.3 Å². The highest BCUT2D eigenvalue weighted by Gasteiger charge is 2.22. The van der Waals surface area contributed by atoms with E-state index in [4.69, 9.17) is 0 Å². The third-order valence-electron chi connectivity index (χ3n) is 3.63. The molecule has 136 valence electrons. The lowest BCUT2D eigenvalue weighted by Gasteiger charge is -2.15. The molecule has 0 atom stereocenters. The van der Waals surface area contributed by atoms with E-state index in [2.05, 4.69) is 25.6 Å². The summed E-state index contributed by atoms with van der Waals surface area (Å²) in [5.41, 5.74) is 1.55. The summed E-state index contributed by atoms with van der Waals surface area (Å²) in [4.78, 5) is 26.9. The number of thioether (sulfide) groups is 1. The van der Waals surface area contributed by atoms with Crippen molar-refractivity contribution in [3.8, 4) is 0 Å². The van der Waals surface area contributed by atoms with Crippen LogP contribution in [0.3, 0.4) is 0 Å². The van der Waals surface area contributed by atoms with Crippen molar-refractivity contribution in [2.24, 2.45) is 0 Å². The van der Waals surface area contributed by atoms with Crippen molar-refractivity contribution in [1.82, 2.24) is 24.8 Å². The Bertz CT molecular complexity index is 1000. The molecule has 8 nitrogen and oxygen atoms in total. The average molecular weight is 372 g/mol. The SMILES string of the molecule is Cc1ccc(NC(=O)CSc2nnc3[nH]c(=O)c(C(C)(C)C)nn23)cc1. The molecule has 0 radical (unpaired) electrons. The first-order valence-corrected chi connectivity index (χ1v) is 9.08. The zero-order chi connectivity index (χ0) is 18.9. The van der Waals surface area contributed by atoms with Gasteiger partial charge in [0.2, 0.25) is 11.1 Å². The van der Waals surface area contributed by atoms with Gasteiger partial charge in [-0.1, -0.05) is 50.2 Å². The lowest BCUT2D eigenvalue weighted by atomic mass is 9.93. The molecule has 0 saturated carbocycles. The van der Waals surface area contributed by atoms with Crippen LogP contribution in [0, 0.1) is 6.92 Å². The van der Waals surface area contributed by atoms with Gasteiger partial charge < -0.3 is 5.32 Å². The quantitative estimate of drug-likeness (QED) is 0.680. The smallest absolute Gasteiger partial charge is 0.274 e. The summed E-state index contributed by atoms with van der Waals surface area (Å²) in [6.07, 6.45) is 0. The van der Waals surface area contributed by atoms with Gasteiger partial charge in [-0.15, -0.1) is 10.2 Å². The zero-order valence-corrected chi connectivity index (χ0v) is 15.8. The molecule has 2 N–H and O–H groups in total. The van der Waals surface area contributed by atoms with Crippen molar-refractivity contribution < 1.29 is 4.79 Å². The van der Waals surface area contributed by atoms with Gasteiger partial charge >= 0.3 is 0 Å². The Hall–Kier alpha value is -2.68. The number of hydrogen-bond acceptors (Lipinski definition) is 6. The summed E-state index contributed by atoms with van der Waals surface area (Å²) in [7, 11) is 0. The molecule has 0 bridgehead atoms. The number of fused-ring (bicyclic) bond motifs is 1. The van der Waals surface area contributed by atoms with Crippen LogP contribution in [0.1, 0.15) is 32.0 Å². The number of benzene rings is 1. The number of hydrogen-bond donors (Lipinski definition) is 2. The van der Waals surface area contributed by atoms with Gasteiger partial charge in [-0.25, -0.2) is 0 Å². The molecule has 0 fully saturated rings. The second-order valence-electron chi connectivity index (χ2n) is 6.97. The number of carbonyl (C=O) groups is 1. The first-order chi connectivity index (χ1) is 12.2. The maximum Gasteiger partial charge on any atom is 0.274 e. The van der Waals surface area contributed by atoms with Crippen LogP contribution in [0.2, 0.25) is 0 Å². The number of nitrogens with zero attached hydrogens (tertiary/aromatic N) is 4. The van der Waals surface area contributed by atoms with Crippen molar-refractivity contribution in [2.75, 3.05) is 11.1 Å². The van der Waals surface area contributed by atoms with Crippen LogP contribution in [0.5, 0.6) is 0 Å². The Morgan fingerprint density at radius 3 is 2.58 bits per heavy atom. The molecule has 0 saturated heterocycles. The van der Waals surface area contributed by atoms with Crippen LogP contribution in [-0.2, 0) is 10.2 Å². The number of nitrogens with one attached hydrogen (secondary N) is 2. The van der Waals surface area contributed by atoms with E-state index in [1.54, 1.807) is 0 Å². The molecule has 26 heavy (non-hydrogen) atoms. The monoisotopic (exact) mass is 372 g/mol. The molecule has 3 rings (SSSR count). The average Bonchev–Trinajstić information content (AvgIpc) is 2.95. The number of amides is 1. The number of carbonyl (C=O) groups excluding carboxylic acids is 1. The fourth-order valence-electron chi connectivity index (χ4n) is 2.28. The lowest BCUT2D eigenvalue weighted by Crippen LogP contribution is -2.28. The van der Waals surface area contributed by atoms with Crippen LogP contribution in [0.15, 0.2) is 34.2 Å². The lowest BCUT2D eigenvalue weighted by molar-refractivity contribution is -0.113. The minimum absolute atomic E-state index is 0.153. The third-order valence-corrected chi connectivity index (χ3v) is 4.55. The van der Waals surface area contributed by atoms with E-state index < -0.39 is 5.41 Å². The summed E-state index contributed by atoms with van der Waals surface area (Å²) in [6, 6.07) is 7.57. The van der Waals surface area contributed by atoms with Crippen LogP contribution in [0.4, 0.5) is 5.69 Å². The van der Waals surface area contributed by atoms with Gasteiger partial charge in [-0.2, -0.15) is 9.61 Å². The Morgan fingerprint density at radius 1 is 1.23 bits per heavy atom. The second kappa shape index (κ2) is 6.91. The van der Waals surface area contributed by atoms with Crippen LogP contribution < -0.4 is 10.9 Å². The van der Waals surface area contributed by atoms with Crippen molar-refractivity contribution >= 4 is 29.1 Å². The first-order valence-electron chi connectivity index (χ1n) is 8.09. The van der Waals surface area contributed by atoms with Crippen LogP contribution in [0.25, 0.3) is 5.78 Å². The highest BCUT2D eigenvalue weighted by Crippen LogP contribution is 2.19. The van der Waals surface area contributed by atoms with Gasteiger partial charge in [-0.3, -0.25) is 14.6 Å². The van der Waals surface area contributed by atoms with Gasteiger partial charge in [-0.05, 0) is 19.1 Å². The molecule has 0 aliphatic carbocycles. The van der Waals surface area contributed by atoms with Gasteiger partial charge in [0.15, 0.2) is 0 Å². The maximum atomic E-state index is 12.1. The van der Waals surface area contributed by atoms with Crippen LogP contribution in [-0.4, -0.2) is 36.5 Å². The number of aromatic nitrogens is 5. The van der Waals surface area contributed by atoms with Crippen LogP contribution >= 0.6 is 11.8 Å². The van der Waals surface area contributed by atoms with Crippen molar-refractivity contribution in [1.29, 1.82) is 0 Å². The molecule has 0 unspecified atom stereocenters. The minimum Gasteiger partial charge on any atom is -0.325 e. The molecule has 0 spiro atoms. The third kappa shape index (κ3) is 3.93. The predicted octanol–water partition coefficient (Wildman–Crippen LogP) is 2.15. The molecule has 9 heteroatoms. The maximum absolute atomic E-state index is 12.1. The normalized spacial score (nSPS) is 11.7. The number of rotatable bonds is 4. The predicted molar refractivity (Wildman–Crippen MR) is 101 cm³/mol. The first kappa shape index (κ1) is 18.1.